The lowest BCUT2D eigenvalue weighted by molar-refractivity contribution is -0.141. The number of Topliss-reactive ketones (excluding diaryl/α,β-unsaturated/α-hetero) is 1. The molecule has 1 aromatic heterocycles. The Labute approximate surface area is 281 Å². The number of phenols is 1. The third kappa shape index (κ3) is 4.82. The zero-order valence-electron chi connectivity index (χ0n) is 24.2. The molecule has 240 valence electrons. The number of anilines is 1. The number of aromatic nitrogens is 1. The second kappa shape index (κ2) is 11.3. The average Bonchev–Trinajstić information content (AvgIpc) is 3.26. The Bertz CT molecular complexity index is 1870. The number of rotatable bonds is 4. The lowest BCUT2D eigenvalue weighted by atomic mass is 9.59. The number of carbonyl (C=O) groups is 4. The number of allylic oxidation sites excluding steroid dienone is 6. The number of carbonyl (C=O) groups excluding carboxylic acids is 4. The SMILES string of the molecule is COc1cc([C@H]2C3=CC[C@@H]4C(=O)N(N(C)c5nc(C(F)(F)F)ccc5Cl)C(=O)[C@@H]4[C@@H]3CC3=C2C(=O)C=C(C)C3=O)c(Br)c(Br)c1O. The number of alkyl halides is 3. The normalized spacial score (nSPS) is 24.4. The maximum atomic E-state index is 14.2. The average molecular weight is 786 g/mol. The van der Waals surface area contributed by atoms with Crippen LogP contribution in [0.15, 0.2) is 61.6 Å². The van der Waals surface area contributed by atoms with Gasteiger partial charge in [0.1, 0.15) is 5.69 Å². The standard InChI is InChI=1S/C31H23Br2ClF3N3O6/c1-11-8-18(41)23-16(26(11)42)9-14-12(21(23)15-10-19(46-3)27(43)25(33)24(15)32)4-5-13-22(14)30(45)40(29(13)44)39(2)28-17(34)6-7-20(38-28)31(35,36)37/h4,6-8,10,13-14,21-22,43H,5,9H2,1-3H3/t13-,14+,21+,22-/m0/s1. The number of halogens is 6. The molecule has 0 spiro atoms. The molecule has 6 rings (SSSR count). The van der Waals surface area contributed by atoms with Gasteiger partial charge in [-0.1, -0.05) is 23.3 Å². The fraction of sp³-hybridized carbons (Fsp3) is 0.323. The first kappa shape index (κ1) is 32.5. The number of pyridine rings is 1. The molecule has 1 fully saturated rings. The maximum Gasteiger partial charge on any atom is 0.433 e. The predicted molar refractivity (Wildman–Crippen MR) is 166 cm³/mol. The number of hydrazine groups is 1. The molecule has 2 aromatic rings. The molecule has 9 nitrogen and oxygen atoms in total. The smallest absolute Gasteiger partial charge is 0.433 e. The fourth-order valence-electron chi connectivity index (χ4n) is 6.90. The summed E-state index contributed by atoms with van der Waals surface area (Å²) in [5.74, 6) is -6.13. The molecule has 46 heavy (non-hydrogen) atoms. The van der Waals surface area contributed by atoms with E-state index in [-0.39, 0.29) is 62.1 Å². The van der Waals surface area contributed by atoms with Crippen molar-refractivity contribution >= 4 is 72.7 Å². The Hall–Kier alpha value is -3.49. The van der Waals surface area contributed by atoms with Gasteiger partial charge in [0.2, 0.25) is 0 Å². The van der Waals surface area contributed by atoms with Crippen LogP contribution in [-0.2, 0) is 25.4 Å². The second-order valence-corrected chi connectivity index (χ2v) is 13.4. The van der Waals surface area contributed by atoms with E-state index in [0.29, 0.717) is 21.7 Å². The number of methoxy groups -OCH3 is 1. The Morgan fingerprint density at radius 3 is 2.46 bits per heavy atom. The first-order valence-electron chi connectivity index (χ1n) is 13.9. The van der Waals surface area contributed by atoms with Gasteiger partial charge in [-0.25, -0.2) is 4.98 Å². The molecular formula is C31H23Br2ClF3N3O6. The van der Waals surface area contributed by atoms with E-state index in [0.717, 1.165) is 16.1 Å². The van der Waals surface area contributed by atoms with Crippen molar-refractivity contribution in [3.63, 3.8) is 0 Å². The molecule has 0 saturated carbocycles. The molecule has 0 unspecified atom stereocenters. The van der Waals surface area contributed by atoms with Crippen LogP contribution < -0.4 is 9.75 Å². The van der Waals surface area contributed by atoms with Gasteiger partial charge in [0.05, 0.1) is 28.4 Å². The Morgan fingerprint density at radius 2 is 1.80 bits per heavy atom. The van der Waals surface area contributed by atoms with Gasteiger partial charge < -0.3 is 9.84 Å². The van der Waals surface area contributed by atoms with Crippen molar-refractivity contribution in [1.29, 1.82) is 0 Å². The van der Waals surface area contributed by atoms with Crippen LogP contribution in [0.4, 0.5) is 19.0 Å². The number of ketones is 2. The quantitative estimate of drug-likeness (QED) is 0.213. The molecule has 1 aliphatic heterocycles. The van der Waals surface area contributed by atoms with E-state index in [9.17, 15) is 37.5 Å². The zero-order chi connectivity index (χ0) is 33.6. The summed E-state index contributed by atoms with van der Waals surface area (Å²) in [5.41, 5.74) is 0.508. The number of aromatic hydroxyl groups is 1. The molecule has 1 aromatic carbocycles. The summed E-state index contributed by atoms with van der Waals surface area (Å²) in [4.78, 5) is 58.7. The van der Waals surface area contributed by atoms with Crippen molar-refractivity contribution in [1.82, 2.24) is 9.99 Å². The highest BCUT2D eigenvalue weighted by Gasteiger charge is 2.58. The summed E-state index contributed by atoms with van der Waals surface area (Å²) in [7, 11) is 2.59. The minimum absolute atomic E-state index is 0.0122. The van der Waals surface area contributed by atoms with Crippen molar-refractivity contribution in [2.24, 2.45) is 17.8 Å². The molecule has 2 heterocycles. The van der Waals surface area contributed by atoms with Crippen LogP contribution in [-0.4, -0.2) is 52.6 Å². The van der Waals surface area contributed by atoms with E-state index >= 15 is 0 Å². The van der Waals surface area contributed by atoms with Crippen LogP contribution in [0, 0.1) is 17.8 Å². The number of amides is 2. The molecular weight excluding hydrogens is 763 g/mol. The Balaban J connectivity index is 1.47. The highest BCUT2D eigenvalue weighted by atomic mass is 79.9. The summed E-state index contributed by atoms with van der Waals surface area (Å²) in [5, 5.41) is 12.1. The van der Waals surface area contributed by atoms with Crippen molar-refractivity contribution in [3.05, 3.63) is 77.9 Å². The summed E-state index contributed by atoms with van der Waals surface area (Å²) in [6.07, 6.45) is -1.67. The topological polar surface area (TPSA) is 117 Å². The van der Waals surface area contributed by atoms with Gasteiger partial charge in [0.15, 0.2) is 28.9 Å². The molecule has 15 heteroatoms. The monoisotopic (exact) mass is 783 g/mol. The van der Waals surface area contributed by atoms with E-state index in [4.69, 9.17) is 16.3 Å². The van der Waals surface area contributed by atoms with Crippen LogP contribution in [0.25, 0.3) is 0 Å². The number of hydrogen-bond donors (Lipinski definition) is 1. The fourth-order valence-corrected chi connectivity index (χ4v) is 8.09. The zero-order valence-corrected chi connectivity index (χ0v) is 28.1. The molecule has 0 radical (unpaired) electrons. The van der Waals surface area contributed by atoms with Crippen LogP contribution in [0.3, 0.4) is 0 Å². The number of benzene rings is 1. The van der Waals surface area contributed by atoms with Gasteiger partial charge in [0, 0.05) is 34.2 Å². The minimum Gasteiger partial charge on any atom is -0.503 e. The number of phenolic OH excluding ortho intramolecular Hbond substituents is 1. The number of hydrogen-bond acceptors (Lipinski definition) is 8. The van der Waals surface area contributed by atoms with Crippen molar-refractivity contribution < 1.29 is 42.2 Å². The summed E-state index contributed by atoms with van der Waals surface area (Å²) < 4.78 is 46.4. The van der Waals surface area contributed by atoms with E-state index in [1.807, 2.05) is 0 Å². The Morgan fingerprint density at radius 1 is 1.11 bits per heavy atom. The predicted octanol–water partition coefficient (Wildman–Crippen LogP) is 6.47. The van der Waals surface area contributed by atoms with E-state index in [1.165, 1.54) is 27.2 Å². The molecule has 4 atom stereocenters. The van der Waals surface area contributed by atoms with Crippen LogP contribution in [0.1, 0.15) is 36.9 Å². The number of imide groups is 1. The largest absolute Gasteiger partial charge is 0.503 e. The molecule has 2 amide bonds. The lowest BCUT2D eigenvalue weighted by Gasteiger charge is -2.42. The summed E-state index contributed by atoms with van der Waals surface area (Å²) >= 11 is 13.1. The van der Waals surface area contributed by atoms with Gasteiger partial charge in [0.25, 0.3) is 11.8 Å². The maximum absolute atomic E-state index is 14.2. The highest BCUT2D eigenvalue weighted by molar-refractivity contribution is 9.13. The number of ether oxygens (including phenoxy) is 1. The summed E-state index contributed by atoms with van der Waals surface area (Å²) in [6, 6.07) is 3.23. The van der Waals surface area contributed by atoms with E-state index in [1.54, 1.807) is 12.1 Å². The van der Waals surface area contributed by atoms with Gasteiger partial charge in [-0.05, 0) is 87.4 Å². The van der Waals surface area contributed by atoms with Crippen LogP contribution >= 0.6 is 43.5 Å². The molecule has 1 saturated heterocycles. The highest BCUT2D eigenvalue weighted by Crippen LogP contribution is 2.57. The Kier molecular flexibility index (Phi) is 8.00. The van der Waals surface area contributed by atoms with Gasteiger partial charge in [-0.2, -0.15) is 18.2 Å². The van der Waals surface area contributed by atoms with Gasteiger partial charge in [-0.3, -0.25) is 24.2 Å². The molecule has 3 aliphatic carbocycles. The lowest BCUT2D eigenvalue weighted by Crippen LogP contribution is -2.46. The van der Waals surface area contributed by atoms with Crippen molar-refractivity contribution in [2.45, 2.75) is 31.9 Å². The van der Waals surface area contributed by atoms with E-state index < -0.39 is 53.2 Å². The van der Waals surface area contributed by atoms with E-state index in [2.05, 4.69) is 36.8 Å². The van der Waals surface area contributed by atoms with Gasteiger partial charge in [-0.15, -0.1) is 0 Å². The molecule has 1 N–H and O–H groups in total. The van der Waals surface area contributed by atoms with Crippen LogP contribution in [0.5, 0.6) is 11.5 Å². The third-order valence-corrected chi connectivity index (χ3v) is 11.4. The first-order valence-corrected chi connectivity index (χ1v) is 15.8. The number of fused-ring (bicyclic) bond motifs is 3. The minimum atomic E-state index is -4.80. The molecule has 0 bridgehead atoms. The first-order chi connectivity index (χ1) is 21.6. The third-order valence-electron chi connectivity index (χ3n) is 8.97. The number of nitrogens with zero attached hydrogens (tertiary/aromatic N) is 3. The van der Waals surface area contributed by atoms with Crippen LogP contribution in [0.2, 0.25) is 5.02 Å². The van der Waals surface area contributed by atoms with Gasteiger partial charge >= 0.3 is 6.18 Å². The summed E-state index contributed by atoms with van der Waals surface area (Å²) in [6.45, 7) is 1.52. The van der Waals surface area contributed by atoms with Crippen molar-refractivity contribution in [2.75, 3.05) is 19.2 Å². The molecule has 4 aliphatic rings. The second-order valence-electron chi connectivity index (χ2n) is 11.4. The van der Waals surface area contributed by atoms with Crippen molar-refractivity contribution in [3.8, 4) is 11.5 Å².